The Morgan fingerprint density at radius 3 is 2.60 bits per heavy atom. The number of carboxylic acids is 1. The number of hydrogen-bond acceptors (Lipinski definition) is 2. The highest BCUT2D eigenvalue weighted by atomic mass is 16.5. The first-order valence-corrected chi connectivity index (χ1v) is 6.34. The lowest BCUT2D eigenvalue weighted by Gasteiger charge is -2.12. The molecule has 3 heteroatoms. The van der Waals surface area contributed by atoms with Crippen molar-refractivity contribution in [1.82, 2.24) is 0 Å². The number of hydrogen-bond donors (Lipinski definition) is 1. The van der Waals surface area contributed by atoms with Gasteiger partial charge in [0, 0.05) is 11.6 Å². The van der Waals surface area contributed by atoms with Crippen molar-refractivity contribution in [2.24, 2.45) is 0 Å². The van der Waals surface area contributed by atoms with E-state index in [0.29, 0.717) is 12.4 Å². The molecule has 0 fully saturated rings. The Morgan fingerprint density at radius 2 is 1.90 bits per heavy atom. The lowest BCUT2D eigenvalue weighted by atomic mass is 10.1. The molecule has 102 valence electrons. The molecule has 0 heterocycles. The van der Waals surface area contributed by atoms with E-state index >= 15 is 0 Å². The molecule has 1 N–H and O–H groups in total. The van der Waals surface area contributed by atoms with Gasteiger partial charge in [0.25, 0.3) is 0 Å². The third-order valence-electron chi connectivity index (χ3n) is 2.87. The summed E-state index contributed by atoms with van der Waals surface area (Å²) in [6.07, 6.45) is 2.67. The zero-order valence-corrected chi connectivity index (χ0v) is 11.2. The predicted molar refractivity (Wildman–Crippen MR) is 78.6 cm³/mol. The molecule has 2 aromatic rings. The van der Waals surface area contributed by atoms with E-state index in [-0.39, 0.29) is 0 Å². The molecule has 20 heavy (non-hydrogen) atoms. The van der Waals surface area contributed by atoms with Gasteiger partial charge in [-0.1, -0.05) is 48.5 Å². The second kappa shape index (κ2) is 6.57. The van der Waals surface area contributed by atoms with Gasteiger partial charge in [0.15, 0.2) is 0 Å². The van der Waals surface area contributed by atoms with Crippen LogP contribution >= 0.6 is 0 Å². The van der Waals surface area contributed by atoms with Crippen molar-refractivity contribution >= 4 is 12.0 Å². The smallest absolute Gasteiger partial charge is 0.328 e. The topological polar surface area (TPSA) is 46.5 Å². The summed E-state index contributed by atoms with van der Waals surface area (Å²) in [7, 11) is 0. The van der Waals surface area contributed by atoms with Crippen molar-refractivity contribution in [3.05, 3.63) is 71.3 Å². The Labute approximate surface area is 118 Å². The molecule has 2 rings (SSSR count). The van der Waals surface area contributed by atoms with Crippen LogP contribution in [0.2, 0.25) is 0 Å². The largest absolute Gasteiger partial charge is 0.488 e. The minimum absolute atomic E-state index is 0.458. The average molecular weight is 268 g/mol. The summed E-state index contributed by atoms with van der Waals surface area (Å²) in [4.78, 5) is 10.6. The number of rotatable bonds is 5. The first-order valence-electron chi connectivity index (χ1n) is 6.34. The summed E-state index contributed by atoms with van der Waals surface area (Å²) >= 11 is 0. The van der Waals surface area contributed by atoms with E-state index in [4.69, 9.17) is 9.84 Å². The van der Waals surface area contributed by atoms with Gasteiger partial charge in [0.05, 0.1) is 0 Å². The standard InChI is InChI=1S/C17H16O3/c1-13-6-5-9-15(10-11-16(18)19)17(13)20-12-14-7-3-2-4-8-14/h2-11H,12H2,1H3,(H,18,19)/b11-10-. The second-order valence-corrected chi connectivity index (χ2v) is 4.44. The molecule has 0 radical (unpaired) electrons. The van der Waals surface area contributed by atoms with E-state index < -0.39 is 5.97 Å². The molecule has 3 nitrogen and oxygen atoms in total. The summed E-state index contributed by atoms with van der Waals surface area (Å²) in [5.74, 6) is -0.255. The number of aryl methyl sites for hydroxylation is 1. The van der Waals surface area contributed by atoms with Gasteiger partial charge in [-0.2, -0.15) is 0 Å². The van der Waals surface area contributed by atoms with Gasteiger partial charge in [-0.3, -0.25) is 0 Å². The van der Waals surface area contributed by atoms with E-state index in [9.17, 15) is 4.79 Å². The Kier molecular flexibility index (Phi) is 4.56. The molecule has 0 aliphatic carbocycles. The van der Waals surface area contributed by atoms with E-state index in [1.54, 1.807) is 6.08 Å². The normalized spacial score (nSPS) is 10.7. The van der Waals surface area contributed by atoms with E-state index in [1.807, 2.05) is 55.5 Å². The van der Waals surface area contributed by atoms with Crippen molar-refractivity contribution < 1.29 is 14.6 Å². The molecule has 0 atom stereocenters. The fourth-order valence-electron chi connectivity index (χ4n) is 1.89. The highest BCUT2D eigenvalue weighted by Crippen LogP contribution is 2.25. The number of para-hydroxylation sites is 1. The molecule has 0 bridgehead atoms. The van der Waals surface area contributed by atoms with Crippen molar-refractivity contribution in [2.45, 2.75) is 13.5 Å². The maximum Gasteiger partial charge on any atom is 0.328 e. The van der Waals surface area contributed by atoms with Crippen molar-refractivity contribution in [2.75, 3.05) is 0 Å². The summed E-state index contributed by atoms with van der Waals surface area (Å²) in [5.41, 5.74) is 2.82. The van der Waals surface area contributed by atoms with Crippen LogP contribution in [0.25, 0.3) is 6.08 Å². The lowest BCUT2D eigenvalue weighted by molar-refractivity contribution is -0.131. The van der Waals surface area contributed by atoms with Gasteiger partial charge in [0.1, 0.15) is 12.4 Å². The van der Waals surface area contributed by atoms with Crippen LogP contribution in [-0.2, 0) is 11.4 Å². The lowest BCUT2D eigenvalue weighted by Crippen LogP contribution is -1.99. The molecule has 0 aliphatic heterocycles. The Hall–Kier alpha value is -2.55. The van der Waals surface area contributed by atoms with Gasteiger partial charge < -0.3 is 9.84 Å². The van der Waals surface area contributed by atoms with Gasteiger partial charge >= 0.3 is 5.97 Å². The van der Waals surface area contributed by atoms with Gasteiger partial charge in [0.2, 0.25) is 0 Å². The molecule has 0 unspecified atom stereocenters. The Bertz CT molecular complexity index is 615. The molecule has 0 amide bonds. The first-order chi connectivity index (χ1) is 9.66. The van der Waals surface area contributed by atoms with E-state index in [0.717, 1.165) is 22.8 Å². The zero-order chi connectivity index (χ0) is 14.4. The molecule has 0 saturated heterocycles. The molecule has 0 spiro atoms. The molecular formula is C17H16O3. The predicted octanol–water partition coefficient (Wildman–Crippen LogP) is 3.67. The SMILES string of the molecule is Cc1cccc(/C=C\C(=O)O)c1OCc1ccccc1. The summed E-state index contributed by atoms with van der Waals surface area (Å²) in [6.45, 7) is 2.40. The summed E-state index contributed by atoms with van der Waals surface area (Å²) < 4.78 is 5.84. The first kappa shape index (κ1) is 13.9. The Morgan fingerprint density at radius 1 is 1.15 bits per heavy atom. The van der Waals surface area contributed by atoms with Crippen molar-refractivity contribution in [3.8, 4) is 5.75 Å². The minimum atomic E-state index is -0.972. The average Bonchev–Trinajstić information content (AvgIpc) is 2.45. The monoisotopic (exact) mass is 268 g/mol. The molecule has 2 aromatic carbocycles. The molecule has 0 aliphatic rings. The van der Waals surface area contributed by atoms with Crippen LogP contribution in [0.5, 0.6) is 5.75 Å². The highest BCUT2D eigenvalue weighted by molar-refractivity contribution is 5.86. The highest BCUT2D eigenvalue weighted by Gasteiger charge is 2.05. The number of benzene rings is 2. The molecule has 0 saturated carbocycles. The summed E-state index contributed by atoms with van der Waals surface area (Å²) in [5, 5.41) is 8.72. The van der Waals surface area contributed by atoms with Crippen LogP contribution in [-0.4, -0.2) is 11.1 Å². The molecular weight excluding hydrogens is 252 g/mol. The van der Waals surface area contributed by atoms with Gasteiger partial charge in [-0.05, 0) is 24.1 Å². The van der Waals surface area contributed by atoms with Crippen LogP contribution in [0, 0.1) is 6.92 Å². The number of ether oxygens (including phenoxy) is 1. The second-order valence-electron chi connectivity index (χ2n) is 4.44. The fourth-order valence-corrected chi connectivity index (χ4v) is 1.89. The van der Waals surface area contributed by atoms with E-state index in [2.05, 4.69) is 0 Å². The quantitative estimate of drug-likeness (QED) is 0.841. The Balaban J connectivity index is 2.19. The minimum Gasteiger partial charge on any atom is -0.488 e. The molecule has 0 aromatic heterocycles. The van der Waals surface area contributed by atoms with Gasteiger partial charge in [-0.25, -0.2) is 4.79 Å². The zero-order valence-electron chi connectivity index (χ0n) is 11.2. The van der Waals surface area contributed by atoms with E-state index in [1.165, 1.54) is 0 Å². The number of aliphatic carboxylic acids is 1. The fraction of sp³-hybridized carbons (Fsp3) is 0.118. The number of carbonyl (C=O) groups is 1. The van der Waals surface area contributed by atoms with Crippen molar-refractivity contribution in [1.29, 1.82) is 0 Å². The van der Waals surface area contributed by atoms with Crippen LogP contribution in [0.3, 0.4) is 0 Å². The van der Waals surface area contributed by atoms with Crippen LogP contribution in [0.4, 0.5) is 0 Å². The number of carboxylic acid groups (broad SMARTS) is 1. The maximum absolute atomic E-state index is 10.6. The summed E-state index contributed by atoms with van der Waals surface area (Å²) in [6, 6.07) is 15.5. The third-order valence-corrected chi connectivity index (χ3v) is 2.87. The maximum atomic E-state index is 10.6. The van der Waals surface area contributed by atoms with Crippen molar-refractivity contribution in [3.63, 3.8) is 0 Å². The van der Waals surface area contributed by atoms with Crippen LogP contribution < -0.4 is 4.74 Å². The van der Waals surface area contributed by atoms with Gasteiger partial charge in [-0.15, -0.1) is 0 Å². The third kappa shape index (κ3) is 3.72. The van der Waals surface area contributed by atoms with Crippen LogP contribution in [0.15, 0.2) is 54.6 Å². The van der Waals surface area contributed by atoms with Crippen LogP contribution in [0.1, 0.15) is 16.7 Å².